The van der Waals surface area contributed by atoms with Gasteiger partial charge in [0.15, 0.2) is 10.9 Å². The van der Waals surface area contributed by atoms with Gasteiger partial charge in [-0.3, -0.25) is 4.79 Å². The number of hydrogen-bond donors (Lipinski definition) is 1. The molecule has 0 bridgehead atoms. The van der Waals surface area contributed by atoms with Crippen molar-refractivity contribution < 1.29 is 14.3 Å². The highest BCUT2D eigenvalue weighted by Gasteiger charge is 2.32. The number of rotatable bonds is 9. The molecule has 42 heavy (non-hydrogen) atoms. The molecule has 13 heteroatoms. The third-order valence-corrected chi connectivity index (χ3v) is 10.3. The largest absolute Gasteiger partial charge is 0.462 e. The number of carbonyl (C=O) groups excluding carboxylic acids is 2. The number of aryl methyl sites for hydroxylation is 1. The number of likely N-dealkylation sites (N-methyl/N-ethyl adjacent to an activating group) is 1. The summed E-state index contributed by atoms with van der Waals surface area (Å²) in [4.78, 5) is 50.5. The molecule has 5 heterocycles. The topological polar surface area (TPSA) is 108 Å². The Balaban J connectivity index is 1.30. The third-order valence-electron chi connectivity index (χ3n) is 8.23. The van der Waals surface area contributed by atoms with Crippen LogP contribution in [0.1, 0.15) is 59.5 Å². The van der Waals surface area contributed by atoms with Gasteiger partial charge in [-0.2, -0.15) is 0 Å². The molecule has 0 aromatic carbocycles. The fourth-order valence-electron chi connectivity index (χ4n) is 5.63. The summed E-state index contributed by atoms with van der Waals surface area (Å²) in [6.07, 6.45) is 4.66. The van der Waals surface area contributed by atoms with E-state index in [1.165, 1.54) is 11.3 Å². The molecule has 5 rings (SSSR count). The summed E-state index contributed by atoms with van der Waals surface area (Å²) in [5.74, 6) is 0.789. The molecule has 3 aromatic heterocycles. The summed E-state index contributed by atoms with van der Waals surface area (Å²) in [7, 11) is 0. The predicted octanol–water partition coefficient (Wildman–Crippen LogP) is 5.60. The molecular weight excluding hydrogens is 597 g/mol. The van der Waals surface area contributed by atoms with E-state index in [0.29, 0.717) is 57.2 Å². The van der Waals surface area contributed by atoms with Crippen molar-refractivity contribution in [3.63, 3.8) is 0 Å². The van der Waals surface area contributed by atoms with Gasteiger partial charge in [0.05, 0.1) is 29.0 Å². The van der Waals surface area contributed by atoms with Crippen molar-refractivity contribution >= 4 is 57.2 Å². The van der Waals surface area contributed by atoms with Gasteiger partial charge in [-0.1, -0.05) is 48.4 Å². The number of carbonyl (C=O) groups is 2. The van der Waals surface area contributed by atoms with E-state index in [1.807, 2.05) is 0 Å². The van der Waals surface area contributed by atoms with Crippen LogP contribution in [0, 0.1) is 18.8 Å². The Labute approximate surface area is 260 Å². The fraction of sp³-hybridized carbons (Fsp3) is 0.552. The van der Waals surface area contributed by atoms with Crippen molar-refractivity contribution in [2.24, 2.45) is 11.8 Å². The molecule has 0 amide bonds. The maximum Gasteiger partial charge on any atom is 0.350 e. The van der Waals surface area contributed by atoms with Crippen molar-refractivity contribution in [2.45, 2.75) is 40.5 Å². The van der Waals surface area contributed by atoms with E-state index >= 15 is 0 Å². The second-order valence-electron chi connectivity index (χ2n) is 10.9. The molecule has 10 nitrogen and oxygen atoms in total. The average molecular weight is 635 g/mol. The number of halogens is 2. The average Bonchev–Trinajstić information content (AvgIpc) is 3.56. The van der Waals surface area contributed by atoms with Crippen LogP contribution in [-0.4, -0.2) is 89.0 Å². The molecular formula is C29H37Cl2N7O3S. The van der Waals surface area contributed by atoms with Gasteiger partial charge < -0.3 is 24.4 Å². The Morgan fingerprint density at radius 3 is 2.43 bits per heavy atom. The van der Waals surface area contributed by atoms with Gasteiger partial charge in [0.2, 0.25) is 0 Å². The van der Waals surface area contributed by atoms with Crippen molar-refractivity contribution in [1.29, 1.82) is 0 Å². The monoisotopic (exact) mass is 633 g/mol. The first-order chi connectivity index (χ1) is 20.2. The number of Topliss-reactive ketones (excluding diaryl/α,β-unsaturated/α-hetero) is 1. The highest BCUT2D eigenvalue weighted by atomic mass is 35.5. The zero-order valence-electron chi connectivity index (χ0n) is 24.5. The minimum atomic E-state index is -0.414. The molecule has 2 aliphatic heterocycles. The lowest BCUT2D eigenvalue weighted by Gasteiger charge is -2.36. The third kappa shape index (κ3) is 6.44. The maximum atomic E-state index is 13.0. The molecule has 0 aliphatic carbocycles. The number of esters is 1. The Bertz CT molecular complexity index is 1420. The minimum Gasteiger partial charge on any atom is -0.462 e. The molecule has 0 radical (unpaired) electrons. The summed E-state index contributed by atoms with van der Waals surface area (Å²) in [5.41, 5.74) is 2.11. The second-order valence-corrected chi connectivity index (χ2v) is 12.7. The zero-order chi connectivity index (χ0) is 30.0. The van der Waals surface area contributed by atoms with E-state index in [4.69, 9.17) is 32.9 Å². The first kappa shape index (κ1) is 30.7. The van der Waals surface area contributed by atoms with E-state index in [9.17, 15) is 9.59 Å². The second kappa shape index (κ2) is 13.3. The lowest BCUT2D eigenvalue weighted by molar-refractivity contribution is 0.0532. The van der Waals surface area contributed by atoms with E-state index in [0.717, 1.165) is 50.1 Å². The van der Waals surface area contributed by atoms with E-state index in [-0.39, 0.29) is 24.2 Å². The van der Waals surface area contributed by atoms with Crippen LogP contribution < -0.4 is 9.80 Å². The molecule has 0 saturated carbocycles. The van der Waals surface area contributed by atoms with E-state index < -0.39 is 5.97 Å². The number of hydrogen-bond acceptors (Lipinski definition) is 10. The highest BCUT2D eigenvalue weighted by Crippen LogP contribution is 2.38. The highest BCUT2D eigenvalue weighted by molar-refractivity contribution is 7.17. The molecule has 2 aliphatic rings. The van der Waals surface area contributed by atoms with Crippen molar-refractivity contribution in [3.05, 3.63) is 38.7 Å². The van der Waals surface area contributed by atoms with Gasteiger partial charge in [0.1, 0.15) is 27.8 Å². The predicted molar refractivity (Wildman–Crippen MR) is 167 cm³/mol. The number of ketones is 1. The molecule has 3 aromatic rings. The van der Waals surface area contributed by atoms with Crippen LogP contribution in [0.2, 0.25) is 10.0 Å². The van der Waals surface area contributed by atoms with Crippen LogP contribution in [0.15, 0.2) is 12.4 Å². The molecule has 0 unspecified atom stereocenters. The number of aromatic nitrogens is 4. The van der Waals surface area contributed by atoms with E-state index in [2.05, 4.69) is 43.5 Å². The van der Waals surface area contributed by atoms with Gasteiger partial charge in [0, 0.05) is 51.4 Å². The smallest absolute Gasteiger partial charge is 0.350 e. The molecule has 2 saturated heterocycles. The number of anilines is 2. The van der Waals surface area contributed by atoms with Crippen LogP contribution in [-0.2, 0) is 4.74 Å². The van der Waals surface area contributed by atoms with Crippen molar-refractivity contribution in [1.82, 2.24) is 24.8 Å². The number of piperazine rings is 1. The first-order valence-corrected chi connectivity index (χ1v) is 16.1. The van der Waals surface area contributed by atoms with Gasteiger partial charge in [-0.05, 0) is 38.6 Å². The quantitative estimate of drug-likeness (QED) is 0.238. The van der Waals surface area contributed by atoms with Crippen molar-refractivity contribution in [3.8, 4) is 11.4 Å². The number of piperidine rings is 1. The van der Waals surface area contributed by atoms with Crippen molar-refractivity contribution in [2.75, 3.05) is 62.2 Å². The Morgan fingerprint density at radius 2 is 1.83 bits per heavy atom. The first-order valence-electron chi connectivity index (χ1n) is 14.5. The molecule has 226 valence electrons. The Hall–Kier alpha value is -2.73. The number of thiazole rings is 1. The summed E-state index contributed by atoms with van der Waals surface area (Å²) in [6, 6.07) is 0. The van der Waals surface area contributed by atoms with Gasteiger partial charge in [-0.25, -0.2) is 19.7 Å². The SMILES string of the molecule is CCOC(=O)c1sc(N2CC[C@@H](CC(=O)c3[nH]c(C)c(Cl)c3Cl)[C@@H](C)C2)nc1-c1cnc(N2CCN(CC)CC2)cn1. The summed E-state index contributed by atoms with van der Waals surface area (Å²) >= 11 is 13.8. The normalized spacial score (nSPS) is 19.8. The Kier molecular flexibility index (Phi) is 9.71. The molecule has 2 atom stereocenters. The summed E-state index contributed by atoms with van der Waals surface area (Å²) in [5, 5.41) is 1.43. The lowest BCUT2D eigenvalue weighted by atomic mass is 9.83. The summed E-state index contributed by atoms with van der Waals surface area (Å²) in [6.45, 7) is 14.5. The maximum absolute atomic E-state index is 13.0. The minimum absolute atomic E-state index is 0.0318. The molecule has 1 N–H and O–H groups in total. The van der Waals surface area contributed by atoms with Gasteiger partial charge in [0.25, 0.3) is 0 Å². The van der Waals surface area contributed by atoms with Crippen LogP contribution >= 0.6 is 34.5 Å². The standard InChI is InChI=1S/C29H37Cl2N7O3S/c1-5-36-9-11-37(12-10-36)22-15-32-20(14-33-22)25-27(28(40)41-6-2)42-29(35-25)38-8-7-19(17(3)16-38)13-21(39)26-24(31)23(30)18(4)34-26/h14-15,17,19,34H,5-13,16H2,1-4H3/t17-,19-/m0/s1. The lowest BCUT2D eigenvalue weighted by Crippen LogP contribution is -2.46. The zero-order valence-corrected chi connectivity index (χ0v) is 26.8. The summed E-state index contributed by atoms with van der Waals surface area (Å²) < 4.78 is 5.37. The fourth-order valence-corrected chi connectivity index (χ4v) is 7.07. The van der Waals surface area contributed by atoms with Crippen LogP contribution in [0.3, 0.4) is 0 Å². The molecule has 0 spiro atoms. The number of nitrogens with zero attached hydrogens (tertiary/aromatic N) is 6. The van der Waals surface area contributed by atoms with Crippen LogP contribution in [0.25, 0.3) is 11.4 Å². The van der Waals surface area contributed by atoms with Crippen LogP contribution in [0.5, 0.6) is 0 Å². The number of H-pyrrole nitrogens is 1. The number of nitrogens with one attached hydrogen (secondary N) is 1. The van der Waals surface area contributed by atoms with E-state index in [1.54, 1.807) is 26.2 Å². The van der Waals surface area contributed by atoms with Gasteiger partial charge >= 0.3 is 5.97 Å². The Morgan fingerprint density at radius 1 is 1.07 bits per heavy atom. The van der Waals surface area contributed by atoms with Gasteiger partial charge in [-0.15, -0.1) is 0 Å². The number of aromatic amines is 1. The number of ether oxygens (including phenoxy) is 1. The van der Waals surface area contributed by atoms with Crippen LogP contribution in [0.4, 0.5) is 10.9 Å². The molecule has 2 fully saturated rings.